The average molecular weight is 1320 g/mol. The quantitative estimate of drug-likeness (QED) is 0.133. The zero-order valence-electron chi connectivity index (χ0n) is 60.9. The first-order chi connectivity index (χ1) is 49.1. The summed E-state index contributed by atoms with van der Waals surface area (Å²) in [5, 5.41) is 2.44. The van der Waals surface area contributed by atoms with Gasteiger partial charge in [0.1, 0.15) is 0 Å². The molecule has 18 rings (SSSR count). The fourth-order valence-corrected chi connectivity index (χ4v) is 17.9. The normalized spacial score (nSPS) is 15.9. The Morgan fingerprint density at radius 3 is 1.10 bits per heavy atom. The smallest absolute Gasteiger partial charge is 0.252 e. The van der Waals surface area contributed by atoms with E-state index in [0.29, 0.717) is 0 Å². The summed E-state index contributed by atoms with van der Waals surface area (Å²) in [6.07, 6.45) is 4.73. The van der Waals surface area contributed by atoms with E-state index >= 15 is 0 Å². The van der Waals surface area contributed by atoms with Crippen LogP contribution in [0.15, 0.2) is 285 Å². The number of fused-ring (bicyclic) bond motifs is 9. The molecule has 102 heavy (non-hydrogen) atoms. The van der Waals surface area contributed by atoms with Crippen molar-refractivity contribution in [2.45, 2.75) is 129 Å². The van der Waals surface area contributed by atoms with Gasteiger partial charge in [-0.2, -0.15) is 0 Å². The van der Waals surface area contributed by atoms with Crippen LogP contribution in [0.1, 0.15) is 130 Å². The van der Waals surface area contributed by atoms with Crippen LogP contribution in [0.2, 0.25) is 0 Å². The number of hydrogen-bond donors (Lipinski definition) is 0. The van der Waals surface area contributed by atoms with E-state index < -0.39 is 0 Å². The van der Waals surface area contributed by atoms with E-state index in [1.807, 2.05) is 0 Å². The predicted octanol–water partition coefficient (Wildman–Crippen LogP) is 24.9. The van der Waals surface area contributed by atoms with Crippen molar-refractivity contribution in [1.29, 1.82) is 0 Å². The Labute approximate surface area is 603 Å². The second-order valence-corrected chi connectivity index (χ2v) is 33.4. The van der Waals surface area contributed by atoms with Crippen molar-refractivity contribution in [3.63, 3.8) is 0 Å². The first kappa shape index (κ1) is 63.5. The number of rotatable bonds is 9. The van der Waals surface area contributed by atoms with Gasteiger partial charge >= 0.3 is 0 Å². The number of anilines is 6. The summed E-state index contributed by atoms with van der Waals surface area (Å²) in [7, 11) is 0. The fourth-order valence-electron chi connectivity index (χ4n) is 17.9. The lowest BCUT2D eigenvalue weighted by Gasteiger charge is -2.44. The largest absolute Gasteiger partial charge is 0.311 e. The van der Waals surface area contributed by atoms with Crippen LogP contribution < -0.4 is 26.2 Å². The molecule has 4 heteroatoms. The molecule has 1 aromatic heterocycles. The summed E-state index contributed by atoms with van der Waals surface area (Å²) < 4.78 is 2.53. The number of benzene rings is 13. The zero-order valence-corrected chi connectivity index (χ0v) is 60.9. The van der Waals surface area contributed by atoms with Gasteiger partial charge in [0.15, 0.2) is 0 Å². The summed E-state index contributed by atoms with van der Waals surface area (Å²) in [6.45, 7) is 26.2. The number of hydrogen-bond acceptors (Lipinski definition) is 2. The number of nitrogens with zero attached hydrogens (tertiary/aromatic N) is 3. The summed E-state index contributed by atoms with van der Waals surface area (Å²) in [4.78, 5) is 5.23. The Kier molecular flexibility index (Phi) is 14.6. The van der Waals surface area contributed by atoms with Gasteiger partial charge in [0, 0.05) is 50.6 Å². The topological polar surface area (TPSA) is 11.4 Å². The van der Waals surface area contributed by atoms with Crippen molar-refractivity contribution in [3.8, 4) is 72.4 Å². The van der Waals surface area contributed by atoms with Crippen LogP contribution in [0.3, 0.4) is 0 Å². The van der Waals surface area contributed by atoms with Gasteiger partial charge in [-0.25, -0.2) is 0 Å². The van der Waals surface area contributed by atoms with Crippen molar-refractivity contribution in [2.75, 3.05) is 9.80 Å². The highest BCUT2D eigenvalue weighted by molar-refractivity contribution is 7.00. The zero-order chi connectivity index (χ0) is 69.8. The van der Waals surface area contributed by atoms with E-state index in [1.165, 1.54) is 176 Å². The molecule has 3 nitrogen and oxygen atoms in total. The Morgan fingerprint density at radius 2 is 0.637 bits per heavy atom. The van der Waals surface area contributed by atoms with Gasteiger partial charge in [-0.1, -0.05) is 282 Å². The molecule has 0 N–H and O–H groups in total. The molecule has 0 saturated carbocycles. The minimum atomic E-state index is -0.146. The Balaban J connectivity index is 0.887. The lowest BCUT2D eigenvalue weighted by atomic mass is 9.33. The lowest BCUT2D eigenvalue weighted by molar-refractivity contribution is 0.332. The van der Waals surface area contributed by atoms with Crippen molar-refractivity contribution in [2.24, 2.45) is 0 Å². The van der Waals surface area contributed by atoms with Gasteiger partial charge in [0.05, 0.1) is 11.0 Å². The molecule has 13 aromatic carbocycles. The van der Waals surface area contributed by atoms with Crippen LogP contribution in [0.4, 0.5) is 34.1 Å². The molecule has 0 fully saturated rings. The van der Waals surface area contributed by atoms with Crippen molar-refractivity contribution >= 4 is 79.0 Å². The summed E-state index contributed by atoms with van der Waals surface area (Å²) in [5.41, 5.74) is 36.4. The molecule has 0 amide bonds. The average Bonchev–Trinajstić information content (AvgIpc) is 0.715. The van der Waals surface area contributed by atoms with Gasteiger partial charge in [0.2, 0.25) is 0 Å². The predicted molar refractivity (Wildman–Crippen MR) is 437 cm³/mol. The van der Waals surface area contributed by atoms with Crippen molar-refractivity contribution in [3.05, 3.63) is 313 Å². The van der Waals surface area contributed by atoms with Crippen molar-refractivity contribution in [1.82, 2.24) is 4.57 Å². The van der Waals surface area contributed by atoms with Crippen LogP contribution in [-0.4, -0.2) is 11.3 Å². The Morgan fingerprint density at radius 1 is 0.275 bits per heavy atom. The molecule has 0 bridgehead atoms. The van der Waals surface area contributed by atoms with Crippen LogP contribution in [-0.2, 0) is 27.1 Å². The Hall–Kier alpha value is -10.7. The van der Waals surface area contributed by atoms with Crippen molar-refractivity contribution < 1.29 is 0 Å². The maximum atomic E-state index is 2.63. The molecule has 0 radical (unpaired) electrons. The second-order valence-electron chi connectivity index (χ2n) is 33.4. The van der Waals surface area contributed by atoms with Crippen LogP contribution >= 0.6 is 0 Å². The summed E-state index contributed by atoms with van der Waals surface area (Å²) >= 11 is 0. The van der Waals surface area contributed by atoms with E-state index in [4.69, 9.17) is 0 Å². The first-order valence-corrected chi connectivity index (χ1v) is 37.1. The highest BCUT2D eigenvalue weighted by Gasteiger charge is 2.45. The molecule has 498 valence electrons. The molecular weight excluding hydrogens is 1230 g/mol. The molecule has 14 aromatic rings. The maximum Gasteiger partial charge on any atom is 0.252 e. The highest BCUT2D eigenvalue weighted by Crippen LogP contribution is 2.52. The molecule has 0 unspecified atom stereocenters. The van der Waals surface area contributed by atoms with Gasteiger partial charge < -0.3 is 14.4 Å². The number of aromatic nitrogens is 1. The van der Waals surface area contributed by atoms with Crippen LogP contribution in [0, 0.1) is 0 Å². The third-order valence-electron chi connectivity index (χ3n) is 24.1. The van der Waals surface area contributed by atoms with Gasteiger partial charge in [0.25, 0.3) is 6.71 Å². The molecule has 2 aliphatic heterocycles. The molecule has 3 heterocycles. The van der Waals surface area contributed by atoms with E-state index in [1.54, 1.807) is 0 Å². The molecule has 2 aliphatic carbocycles. The minimum absolute atomic E-state index is 0.00816. The first-order valence-electron chi connectivity index (χ1n) is 37.1. The molecule has 0 saturated heterocycles. The summed E-state index contributed by atoms with van der Waals surface area (Å²) in [5.74, 6) is 0. The third kappa shape index (κ3) is 10.5. The fraction of sp³-hybridized carbons (Fsp3) is 0.204. The monoisotopic (exact) mass is 1320 g/mol. The summed E-state index contributed by atoms with van der Waals surface area (Å²) in [6, 6.07) is 110. The Bertz CT molecular complexity index is 5550. The third-order valence-corrected chi connectivity index (χ3v) is 24.1. The molecule has 0 spiro atoms. The van der Waals surface area contributed by atoms with Crippen LogP contribution in [0.5, 0.6) is 0 Å². The molecule has 0 atom stereocenters. The molecular formula is C98H88BN3. The van der Waals surface area contributed by atoms with Gasteiger partial charge in [-0.05, 0) is 243 Å². The highest BCUT2D eigenvalue weighted by atomic mass is 15.2. The minimum Gasteiger partial charge on any atom is -0.311 e. The molecule has 4 aliphatic rings. The maximum absolute atomic E-state index is 2.63. The second kappa shape index (κ2) is 23.4. The van der Waals surface area contributed by atoms with E-state index in [2.05, 4.69) is 376 Å². The van der Waals surface area contributed by atoms with Gasteiger partial charge in [-0.3, -0.25) is 0 Å². The van der Waals surface area contributed by atoms with Gasteiger partial charge in [-0.15, -0.1) is 0 Å². The van der Waals surface area contributed by atoms with E-state index in [9.17, 15) is 0 Å². The lowest BCUT2D eigenvalue weighted by Crippen LogP contribution is -2.61. The SMILES string of the molecule is CC(C)(C)c1ccc(-c2cc3c4c(c2)N(c2ccc(-c5ccc6c(c5)C(C)(C)CCC6(C)C)cc2)c2cc(-n5c6ccc(-c7ccccc7)cc6c6cc(-c7ccccc7)ccc65)ccc2B4c2cc(-c4ccccc4)ccc2N3c2ccc(-c3ccc4c(c3)C(C)(C)CCC4(C)C)cc2)cc1. The van der Waals surface area contributed by atoms with E-state index in [0.717, 1.165) is 22.7 Å². The van der Waals surface area contributed by atoms with E-state index in [-0.39, 0.29) is 33.8 Å². The standard InChI is InChI=1S/C98H88BN3/c1-94(2,3)75-38-27-68(28-39-75)74-60-91-93-92(61-74)101(77-42-31-67(32-43-77)72-34-46-82-84(58-72)98(10,11)54-52-96(82,6)7)90-62-78(102-87-48-35-69(63-21-15-12-16-22-63)55-79(87)80-56-70(36-49-88(80)102)64-23-17-13-18-24-64)44-47-85(90)99(93)86-59-73(65-25-19-14-20-26-65)37-50-89(86)100(91)76-40-29-66(30-41-76)71-33-45-81-83(57-71)97(8,9)53-51-95(81,4)5/h12-50,55-62H,51-54H2,1-11H3. The van der Waals surface area contributed by atoms with Crippen LogP contribution in [0.25, 0.3) is 94.3 Å².